The van der Waals surface area contributed by atoms with Crippen molar-refractivity contribution >= 4 is 17.3 Å². The predicted molar refractivity (Wildman–Crippen MR) is 54.9 cm³/mol. The van der Waals surface area contributed by atoms with Gasteiger partial charge in [-0.2, -0.15) is 5.10 Å². The molecule has 0 aliphatic carbocycles. The zero-order valence-electron chi connectivity index (χ0n) is 8.10. The number of fused-ring (bicyclic) bond motifs is 1. The lowest BCUT2D eigenvalue weighted by Gasteiger charge is -1.80. The number of hydrogen-bond acceptors (Lipinski definition) is 3. The standard InChI is InChI=1S/C6H5N3.C4H8O/c1-2-5-4-8-9-6(5)7-3-1;1-2-3-4-5/h1-4H,(H,7,8,9);4H,2-3H2,1H3. The lowest BCUT2D eigenvalue weighted by molar-refractivity contribution is -0.107. The van der Waals surface area contributed by atoms with Gasteiger partial charge in [-0.05, 0) is 18.6 Å². The summed E-state index contributed by atoms with van der Waals surface area (Å²) in [6.45, 7) is 1.98. The summed E-state index contributed by atoms with van der Waals surface area (Å²) in [6, 6.07) is 3.85. The average molecular weight is 191 g/mol. The largest absolute Gasteiger partial charge is 0.303 e. The van der Waals surface area contributed by atoms with E-state index in [9.17, 15) is 4.79 Å². The number of unbranched alkanes of at least 4 members (excludes halogenated alkanes) is 1. The summed E-state index contributed by atoms with van der Waals surface area (Å²) in [5.41, 5.74) is 0.845. The van der Waals surface area contributed by atoms with Gasteiger partial charge in [0.15, 0.2) is 5.65 Å². The molecule has 4 nitrogen and oxygen atoms in total. The Hall–Kier alpha value is -1.71. The number of H-pyrrole nitrogens is 1. The Morgan fingerprint density at radius 2 is 2.43 bits per heavy atom. The Balaban J connectivity index is 0.000000171. The van der Waals surface area contributed by atoms with Crippen molar-refractivity contribution in [2.24, 2.45) is 0 Å². The van der Waals surface area contributed by atoms with Crippen LogP contribution >= 0.6 is 0 Å². The maximum atomic E-state index is 9.40. The molecular weight excluding hydrogens is 178 g/mol. The number of aromatic nitrogens is 3. The minimum absolute atomic E-state index is 0.708. The van der Waals surface area contributed by atoms with E-state index in [0.29, 0.717) is 6.42 Å². The van der Waals surface area contributed by atoms with Crippen molar-refractivity contribution in [3.63, 3.8) is 0 Å². The number of carbonyl (C=O) groups is 1. The Morgan fingerprint density at radius 1 is 1.57 bits per heavy atom. The fourth-order valence-electron chi connectivity index (χ4n) is 0.896. The molecule has 0 spiro atoms. The third-order valence-electron chi connectivity index (χ3n) is 1.62. The second-order valence-electron chi connectivity index (χ2n) is 2.77. The van der Waals surface area contributed by atoms with Crippen molar-refractivity contribution in [3.05, 3.63) is 24.5 Å². The highest BCUT2D eigenvalue weighted by Gasteiger charge is 1.89. The first-order chi connectivity index (χ1) is 6.88. The molecule has 0 saturated carbocycles. The van der Waals surface area contributed by atoms with Crippen LogP contribution in [0.25, 0.3) is 11.0 Å². The molecule has 0 aliphatic heterocycles. The second kappa shape index (κ2) is 5.85. The number of hydrogen-bond donors (Lipinski definition) is 1. The molecule has 14 heavy (non-hydrogen) atoms. The van der Waals surface area contributed by atoms with Crippen LogP contribution in [0.4, 0.5) is 0 Å². The van der Waals surface area contributed by atoms with Crippen LogP contribution in [-0.2, 0) is 4.79 Å². The second-order valence-corrected chi connectivity index (χ2v) is 2.77. The maximum Gasteiger partial charge on any atom is 0.155 e. The van der Waals surface area contributed by atoms with E-state index in [0.717, 1.165) is 23.7 Å². The molecule has 0 saturated heterocycles. The van der Waals surface area contributed by atoms with E-state index < -0.39 is 0 Å². The van der Waals surface area contributed by atoms with E-state index in [1.165, 1.54) is 0 Å². The number of nitrogens with one attached hydrogen (secondary N) is 1. The third-order valence-corrected chi connectivity index (χ3v) is 1.62. The molecular formula is C10H13N3O. The Morgan fingerprint density at radius 3 is 3.00 bits per heavy atom. The SMILES string of the molecule is CCCC=O.c1cnc2[nH]ncc2c1. The van der Waals surface area contributed by atoms with E-state index in [1.54, 1.807) is 12.4 Å². The molecule has 2 heterocycles. The van der Waals surface area contributed by atoms with Crippen LogP contribution < -0.4 is 0 Å². The molecule has 74 valence electrons. The van der Waals surface area contributed by atoms with Gasteiger partial charge in [-0.1, -0.05) is 6.92 Å². The summed E-state index contributed by atoms with van der Waals surface area (Å²) in [5.74, 6) is 0. The van der Waals surface area contributed by atoms with Crippen LogP contribution in [0.2, 0.25) is 0 Å². The molecule has 0 bridgehead atoms. The first-order valence-corrected chi connectivity index (χ1v) is 4.56. The highest BCUT2D eigenvalue weighted by Crippen LogP contribution is 2.03. The number of carbonyl (C=O) groups excluding carboxylic acids is 1. The number of aromatic amines is 1. The lowest BCUT2D eigenvalue weighted by atomic mass is 10.4. The summed E-state index contributed by atoms with van der Waals surface area (Å²) < 4.78 is 0. The molecule has 2 aromatic rings. The smallest absolute Gasteiger partial charge is 0.155 e. The van der Waals surface area contributed by atoms with Crippen molar-refractivity contribution in [3.8, 4) is 0 Å². The molecule has 0 atom stereocenters. The number of rotatable bonds is 2. The highest BCUT2D eigenvalue weighted by atomic mass is 16.1. The molecule has 0 unspecified atom stereocenters. The zero-order valence-corrected chi connectivity index (χ0v) is 8.10. The molecule has 1 N–H and O–H groups in total. The summed E-state index contributed by atoms with van der Waals surface area (Å²) in [4.78, 5) is 13.4. The fraction of sp³-hybridized carbons (Fsp3) is 0.300. The topological polar surface area (TPSA) is 58.6 Å². The van der Waals surface area contributed by atoms with Crippen molar-refractivity contribution in [1.29, 1.82) is 0 Å². The minimum Gasteiger partial charge on any atom is -0.303 e. The highest BCUT2D eigenvalue weighted by molar-refractivity contribution is 5.72. The van der Waals surface area contributed by atoms with Gasteiger partial charge in [0.2, 0.25) is 0 Å². The number of aldehydes is 1. The van der Waals surface area contributed by atoms with Crippen molar-refractivity contribution in [2.75, 3.05) is 0 Å². The maximum absolute atomic E-state index is 9.40. The molecule has 2 aromatic heterocycles. The Labute approximate surface area is 82.4 Å². The minimum atomic E-state index is 0.708. The molecule has 2 rings (SSSR count). The third kappa shape index (κ3) is 2.97. The van der Waals surface area contributed by atoms with E-state index >= 15 is 0 Å². The van der Waals surface area contributed by atoms with Gasteiger partial charge in [-0.25, -0.2) is 4.98 Å². The van der Waals surface area contributed by atoms with Crippen LogP contribution in [0, 0.1) is 0 Å². The molecule has 0 aliphatic rings. The first kappa shape index (κ1) is 10.4. The van der Waals surface area contributed by atoms with Gasteiger partial charge in [0.05, 0.1) is 6.20 Å². The molecule has 4 heteroatoms. The summed E-state index contributed by atoms with van der Waals surface area (Å²) in [5, 5.41) is 7.63. The van der Waals surface area contributed by atoms with E-state index in [1.807, 2.05) is 19.1 Å². The molecule has 0 fully saturated rings. The summed E-state index contributed by atoms with van der Waals surface area (Å²) >= 11 is 0. The Bertz CT molecular complexity index is 353. The van der Waals surface area contributed by atoms with Crippen LogP contribution in [-0.4, -0.2) is 21.5 Å². The van der Waals surface area contributed by atoms with Crippen molar-refractivity contribution in [2.45, 2.75) is 19.8 Å². The van der Waals surface area contributed by atoms with Crippen LogP contribution in [0.5, 0.6) is 0 Å². The van der Waals surface area contributed by atoms with Crippen molar-refractivity contribution in [1.82, 2.24) is 15.2 Å². The van der Waals surface area contributed by atoms with E-state index in [2.05, 4.69) is 15.2 Å². The van der Waals surface area contributed by atoms with Crippen LogP contribution in [0.3, 0.4) is 0 Å². The normalized spacial score (nSPS) is 9.21. The van der Waals surface area contributed by atoms with Gasteiger partial charge in [-0.3, -0.25) is 5.10 Å². The van der Waals surface area contributed by atoms with Gasteiger partial charge >= 0.3 is 0 Å². The van der Waals surface area contributed by atoms with Crippen LogP contribution in [0.15, 0.2) is 24.5 Å². The lowest BCUT2D eigenvalue weighted by Crippen LogP contribution is -1.71. The number of pyridine rings is 1. The van der Waals surface area contributed by atoms with Gasteiger partial charge in [0, 0.05) is 18.0 Å². The molecule has 0 aromatic carbocycles. The molecule has 0 radical (unpaired) electrons. The fourth-order valence-corrected chi connectivity index (χ4v) is 0.896. The van der Waals surface area contributed by atoms with Gasteiger partial charge < -0.3 is 4.79 Å². The molecule has 0 amide bonds. The van der Waals surface area contributed by atoms with Gasteiger partial charge in [0.25, 0.3) is 0 Å². The quantitative estimate of drug-likeness (QED) is 0.738. The van der Waals surface area contributed by atoms with Crippen LogP contribution in [0.1, 0.15) is 19.8 Å². The average Bonchev–Trinajstić information content (AvgIpc) is 2.67. The van der Waals surface area contributed by atoms with E-state index in [-0.39, 0.29) is 0 Å². The summed E-state index contributed by atoms with van der Waals surface area (Å²) in [7, 11) is 0. The first-order valence-electron chi connectivity index (χ1n) is 4.56. The zero-order chi connectivity index (χ0) is 10.2. The summed E-state index contributed by atoms with van der Waals surface area (Å²) in [6.07, 6.45) is 6.10. The van der Waals surface area contributed by atoms with E-state index in [4.69, 9.17) is 0 Å². The van der Waals surface area contributed by atoms with Gasteiger partial charge in [-0.15, -0.1) is 0 Å². The van der Waals surface area contributed by atoms with Crippen molar-refractivity contribution < 1.29 is 4.79 Å². The Kier molecular flexibility index (Phi) is 4.34. The number of nitrogens with zero attached hydrogens (tertiary/aromatic N) is 2. The predicted octanol–water partition coefficient (Wildman–Crippen LogP) is 1.94. The monoisotopic (exact) mass is 191 g/mol. The van der Waals surface area contributed by atoms with Gasteiger partial charge in [0.1, 0.15) is 6.29 Å².